The molecule has 2 rings (SSSR count). The quantitative estimate of drug-likeness (QED) is 0.375. The number of hydrazine groups is 1. The molecule has 2 aromatic rings. The second-order valence-corrected chi connectivity index (χ2v) is 3.78. The van der Waals surface area contributed by atoms with Crippen LogP contribution in [0.3, 0.4) is 0 Å². The van der Waals surface area contributed by atoms with Crippen molar-refractivity contribution in [1.82, 2.24) is 0 Å². The number of ether oxygens (including phenoxy) is 1. The summed E-state index contributed by atoms with van der Waals surface area (Å²) >= 11 is 0. The van der Waals surface area contributed by atoms with Crippen LogP contribution in [0.1, 0.15) is 5.56 Å². The smallest absolute Gasteiger partial charge is 0.147 e. The molecular formula is C14H15N3O. The molecule has 2 aromatic carbocycles. The summed E-state index contributed by atoms with van der Waals surface area (Å²) in [6.07, 6.45) is 0. The molecular weight excluding hydrogens is 226 g/mol. The van der Waals surface area contributed by atoms with E-state index in [1.54, 1.807) is 7.11 Å². The highest BCUT2D eigenvalue weighted by Crippen LogP contribution is 2.18. The lowest BCUT2D eigenvalue weighted by Gasteiger charge is -2.19. The molecule has 0 fully saturated rings. The Kier molecular flexibility index (Phi) is 3.60. The Morgan fingerprint density at radius 2 is 1.67 bits per heavy atom. The molecule has 0 atom stereocenters. The molecule has 4 heteroatoms. The third kappa shape index (κ3) is 2.49. The van der Waals surface area contributed by atoms with Crippen LogP contribution in [-0.2, 0) is 0 Å². The molecule has 0 saturated carbocycles. The summed E-state index contributed by atoms with van der Waals surface area (Å²) in [6, 6.07) is 16.6. The van der Waals surface area contributed by atoms with Crippen molar-refractivity contribution in [1.29, 1.82) is 5.41 Å². The van der Waals surface area contributed by atoms with Crippen LogP contribution in [0.5, 0.6) is 5.75 Å². The molecule has 0 radical (unpaired) electrons. The number of nitrogens with two attached hydrogens (primary N) is 1. The van der Waals surface area contributed by atoms with E-state index in [4.69, 9.17) is 16.0 Å². The van der Waals surface area contributed by atoms with Crippen molar-refractivity contribution in [2.75, 3.05) is 12.1 Å². The van der Waals surface area contributed by atoms with E-state index < -0.39 is 0 Å². The largest absolute Gasteiger partial charge is 0.497 e. The van der Waals surface area contributed by atoms with Gasteiger partial charge in [-0.05, 0) is 24.3 Å². The Hall–Kier alpha value is -2.33. The topological polar surface area (TPSA) is 62.3 Å². The van der Waals surface area contributed by atoms with E-state index >= 15 is 0 Å². The van der Waals surface area contributed by atoms with Gasteiger partial charge in [0.25, 0.3) is 0 Å². The number of methoxy groups -OCH3 is 1. The number of rotatable bonds is 3. The van der Waals surface area contributed by atoms with Gasteiger partial charge in [-0.15, -0.1) is 0 Å². The second-order valence-electron chi connectivity index (χ2n) is 3.78. The van der Waals surface area contributed by atoms with Crippen molar-refractivity contribution in [2.45, 2.75) is 0 Å². The van der Waals surface area contributed by atoms with Gasteiger partial charge in [-0.25, -0.2) is 5.84 Å². The van der Waals surface area contributed by atoms with Crippen LogP contribution >= 0.6 is 0 Å². The second kappa shape index (κ2) is 5.33. The van der Waals surface area contributed by atoms with E-state index in [1.807, 2.05) is 54.6 Å². The van der Waals surface area contributed by atoms with Crippen molar-refractivity contribution in [3.63, 3.8) is 0 Å². The van der Waals surface area contributed by atoms with Crippen molar-refractivity contribution in [3.8, 4) is 5.75 Å². The summed E-state index contributed by atoms with van der Waals surface area (Å²) in [4.78, 5) is 0. The molecule has 18 heavy (non-hydrogen) atoms. The summed E-state index contributed by atoms with van der Waals surface area (Å²) in [6.45, 7) is 0. The van der Waals surface area contributed by atoms with Gasteiger partial charge in [0.1, 0.15) is 11.6 Å². The number of amidine groups is 1. The number of anilines is 1. The predicted molar refractivity (Wildman–Crippen MR) is 72.9 cm³/mol. The number of nitrogens with one attached hydrogen (secondary N) is 1. The van der Waals surface area contributed by atoms with Gasteiger partial charge in [0, 0.05) is 5.56 Å². The maximum absolute atomic E-state index is 8.04. The molecule has 0 saturated heterocycles. The van der Waals surface area contributed by atoms with Gasteiger partial charge in [0.15, 0.2) is 0 Å². The molecule has 0 aliphatic carbocycles. The molecule has 0 aliphatic rings. The Balaban J connectivity index is 2.20. The zero-order chi connectivity index (χ0) is 13.0. The average molecular weight is 241 g/mol. The maximum Gasteiger partial charge on any atom is 0.147 e. The molecule has 0 unspecified atom stereocenters. The van der Waals surface area contributed by atoms with Crippen LogP contribution in [0.2, 0.25) is 0 Å². The number of benzene rings is 2. The fraction of sp³-hybridized carbons (Fsp3) is 0.0714. The molecule has 3 N–H and O–H groups in total. The third-order valence-electron chi connectivity index (χ3n) is 2.64. The molecule has 0 aromatic heterocycles. The van der Waals surface area contributed by atoms with Crippen LogP contribution in [0.15, 0.2) is 54.6 Å². The average Bonchev–Trinajstić information content (AvgIpc) is 2.47. The minimum Gasteiger partial charge on any atom is -0.497 e. The molecule has 0 spiro atoms. The lowest BCUT2D eigenvalue weighted by atomic mass is 10.2. The van der Waals surface area contributed by atoms with Crippen LogP contribution in [0.4, 0.5) is 5.69 Å². The van der Waals surface area contributed by atoms with E-state index in [1.165, 1.54) is 5.01 Å². The van der Waals surface area contributed by atoms with E-state index in [2.05, 4.69) is 0 Å². The standard InChI is InChI=1S/C14H15N3O/c1-18-13-9-7-12(8-10-13)17(16)14(15)11-5-3-2-4-6-11/h2-10,15H,16H2,1H3. The van der Waals surface area contributed by atoms with Crippen LogP contribution in [-0.4, -0.2) is 12.9 Å². The zero-order valence-electron chi connectivity index (χ0n) is 10.1. The van der Waals surface area contributed by atoms with Gasteiger partial charge in [0.05, 0.1) is 12.8 Å². The monoisotopic (exact) mass is 241 g/mol. The molecule has 0 heterocycles. The van der Waals surface area contributed by atoms with Crippen LogP contribution in [0, 0.1) is 5.41 Å². The van der Waals surface area contributed by atoms with Gasteiger partial charge < -0.3 is 4.74 Å². The minimum absolute atomic E-state index is 0.251. The fourth-order valence-electron chi connectivity index (χ4n) is 1.61. The highest BCUT2D eigenvalue weighted by atomic mass is 16.5. The number of hydrogen-bond donors (Lipinski definition) is 2. The van der Waals surface area contributed by atoms with Gasteiger partial charge >= 0.3 is 0 Å². The van der Waals surface area contributed by atoms with Crippen LogP contribution < -0.4 is 15.6 Å². The van der Waals surface area contributed by atoms with Gasteiger partial charge in [-0.2, -0.15) is 0 Å². The zero-order valence-corrected chi connectivity index (χ0v) is 10.1. The first-order valence-corrected chi connectivity index (χ1v) is 5.55. The van der Waals surface area contributed by atoms with Crippen molar-refractivity contribution < 1.29 is 4.74 Å². The number of nitrogens with zero attached hydrogens (tertiary/aromatic N) is 1. The normalized spacial score (nSPS) is 9.89. The minimum atomic E-state index is 0.251. The SMILES string of the molecule is COc1ccc(N(N)C(=N)c2ccccc2)cc1. The first-order chi connectivity index (χ1) is 8.72. The third-order valence-corrected chi connectivity index (χ3v) is 2.64. The van der Waals surface area contributed by atoms with E-state index in [0.29, 0.717) is 0 Å². The summed E-state index contributed by atoms with van der Waals surface area (Å²) in [5.41, 5.74) is 1.51. The van der Waals surface area contributed by atoms with Gasteiger partial charge in [-0.3, -0.25) is 10.4 Å². The first kappa shape index (κ1) is 12.1. The summed E-state index contributed by atoms with van der Waals surface area (Å²) in [5, 5.41) is 9.38. The van der Waals surface area contributed by atoms with Crippen molar-refractivity contribution >= 4 is 11.5 Å². The molecule has 0 bridgehead atoms. The lowest BCUT2D eigenvalue weighted by molar-refractivity contribution is 0.415. The lowest BCUT2D eigenvalue weighted by Crippen LogP contribution is -2.37. The van der Waals surface area contributed by atoms with E-state index in [0.717, 1.165) is 17.0 Å². The Labute approximate surface area is 106 Å². The van der Waals surface area contributed by atoms with E-state index in [-0.39, 0.29) is 5.84 Å². The van der Waals surface area contributed by atoms with Gasteiger partial charge in [0.2, 0.25) is 0 Å². The fourth-order valence-corrected chi connectivity index (χ4v) is 1.61. The first-order valence-electron chi connectivity index (χ1n) is 5.55. The Morgan fingerprint density at radius 3 is 2.22 bits per heavy atom. The highest BCUT2D eigenvalue weighted by molar-refractivity contribution is 6.07. The predicted octanol–water partition coefficient (Wildman–Crippen LogP) is 2.40. The Morgan fingerprint density at radius 1 is 1.06 bits per heavy atom. The van der Waals surface area contributed by atoms with E-state index in [9.17, 15) is 0 Å². The molecule has 0 aliphatic heterocycles. The summed E-state index contributed by atoms with van der Waals surface area (Å²) < 4.78 is 5.08. The molecule has 92 valence electrons. The summed E-state index contributed by atoms with van der Waals surface area (Å²) in [7, 11) is 1.61. The highest BCUT2D eigenvalue weighted by Gasteiger charge is 2.09. The summed E-state index contributed by atoms with van der Waals surface area (Å²) in [5.74, 6) is 6.94. The Bertz CT molecular complexity index is 522. The maximum atomic E-state index is 8.04. The van der Waals surface area contributed by atoms with Gasteiger partial charge in [-0.1, -0.05) is 30.3 Å². The van der Waals surface area contributed by atoms with Crippen molar-refractivity contribution in [3.05, 3.63) is 60.2 Å². The molecule has 0 amide bonds. The van der Waals surface area contributed by atoms with Crippen LogP contribution in [0.25, 0.3) is 0 Å². The van der Waals surface area contributed by atoms with Crippen molar-refractivity contribution in [2.24, 2.45) is 5.84 Å². The molecule has 4 nitrogen and oxygen atoms in total. The number of hydrogen-bond acceptors (Lipinski definition) is 3.